The van der Waals surface area contributed by atoms with E-state index >= 15 is 0 Å². The molecule has 0 fully saturated rings. The largest absolute Gasteiger partial charge is 0.496 e. The smallest absolute Gasteiger partial charge is 0.123 e. The van der Waals surface area contributed by atoms with Crippen molar-refractivity contribution in [2.45, 2.75) is 25.3 Å². The summed E-state index contributed by atoms with van der Waals surface area (Å²) < 4.78 is 5.24. The summed E-state index contributed by atoms with van der Waals surface area (Å²) in [5.74, 6) is 0.765. The Morgan fingerprint density at radius 1 is 1.44 bits per heavy atom. The molecule has 1 unspecified atom stereocenters. The summed E-state index contributed by atoms with van der Waals surface area (Å²) in [6.07, 6.45) is 2.49. The average molecular weight is 244 g/mol. The van der Waals surface area contributed by atoms with Gasteiger partial charge in [0.15, 0.2) is 0 Å². The number of nitrogens with two attached hydrogens (primary N) is 1. The van der Waals surface area contributed by atoms with E-state index in [1.165, 1.54) is 0 Å². The molecule has 0 saturated heterocycles. The highest BCUT2D eigenvalue weighted by atomic mass is 35.5. The van der Waals surface area contributed by atoms with Crippen LogP contribution in [0.3, 0.4) is 0 Å². The van der Waals surface area contributed by atoms with Crippen LogP contribution in [0.2, 0.25) is 5.02 Å². The van der Waals surface area contributed by atoms with Crippen molar-refractivity contribution in [3.05, 3.63) is 28.8 Å². The number of methoxy groups -OCH3 is 1. The van der Waals surface area contributed by atoms with Crippen LogP contribution in [0.25, 0.3) is 0 Å². The lowest BCUT2D eigenvalue weighted by Crippen LogP contribution is -2.11. The third kappa shape index (κ3) is 3.67. The first kappa shape index (κ1) is 13.3. The van der Waals surface area contributed by atoms with Gasteiger partial charge in [-0.15, -0.1) is 0 Å². The van der Waals surface area contributed by atoms with Gasteiger partial charge in [0.25, 0.3) is 0 Å². The quantitative estimate of drug-likeness (QED) is 0.755. The molecule has 0 aromatic heterocycles. The molecule has 0 saturated carbocycles. The monoisotopic (exact) mass is 243 g/mol. The molecule has 0 heterocycles. The van der Waals surface area contributed by atoms with E-state index in [0.29, 0.717) is 5.02 Å². The first-order valence-electron chi connectivity index (χ1n) is 5.39. The van der Waals surface area contributed by atoms with Crippen molar-refractivity contribution in [1.82, 2.24) is 0 Å². The predicted octanol–water partition coefficient (Wildman–Crippen LogP) is 2.51. The van der Waals surface area contributed by atoms with Crippen molar-refractivity contribution in [1.29, 1.82) is 0 Å². The van der Waals surface area contributed by atoms with Gasteiger partial charge in [-0.3, -0.25) is 0 Å². The van der Waals surface area contributed by atoms with Crippen molar-refractivity contribution in [2.24, 2.45) is 5.73 Å². The van der Waals surface area contributed by atoms with Crippen molar-refractivity contribution < 1.29 is 9.84 Å². The van der Waals surface area contributed by atoms with Gasteiger partial charge in [0.2, 0.25) is 0 Å². The molecule has 1 rings (SSSR count). The highest BCUT2D eigenvalue weighted by Gasteiger charge is 2.12. The molecule has 4 heteroatoms. The minimum atomic E-state index is -0.0970. The number of benzene rings is 1. The molecule has 0 spiro atoms. The second-order valence-electron chi connectivity index (χ2n) is 3.71. The van der Waals surface area contributed by atoms with Gasteiger partial charge in [0, 0.05) is 23.2 Å². The van der Waals surface area contributed by atoms with Gasteiger partial charge in [-0.2, -0.15) is 0 Å². The molecule has 3 N–H and O–H groups in total. The fraction of sp³-hybridized carbons (Fsp3) is 0.500. The molecule has 90 valence electrons. The molecule has 16 heavy (non-hydrogen) atoms. The van der Waals surface area contributed by atoms with Gasteiger partial charge in [-0.25, -0.2) is 0 Å². The van der Waals surface area contributed by atoms with Crippen LogP contribution in [-0.4, -0.2) is 18.8 Å². The van der Waals surface area contributed by atoms with Gasteiger partial charge < -0.3 is 15.6 Å². The van der Waals surface area contributed by atoms with Gasteiger partial charge in [-0.1, -0.05) is 11.6 Å². The predicted molar refractivity (Wildman–Crippen MR) is 65.9 cm³/mol. The Bertz CT molecular complexity index is 331. The summed E-state index contributed by atoms with van der Waals surface area (Å²) in [6.45, 7) is 0.208. The van der Waals surface area contributed by atoms with Gasteiger partial charge in [0.1, 0.15) is 5.75 Å². The Morgan fingerprint density at radius 2 is 2.19 bits per heavy atom. The summed E-state index contributed by atoms with van der Waals surface area (Å²) in [5.41, 5.74) is 6.98. The highest BCUT2D eigenvalue weighted by Crippen LogP contribution is 2.29. The zero-order valence-electron chi connectivity index (χ0n) is 9.45. The molecule has 1 aromatic carbocycles. The number of hydrogen-bond acceptors (Lipinski definition) is 3. The van der Waals surface area contributed by atoms with E-state index in [0.717, 1.165) is 30.6 Å². The first-order valence-corrected chi connectivity index (χ1v) is 5.76. The molecular formula is C12H18ClNO2. The summed E-state index contributed by atoms with van der Waals surface area (Å²) in [5, 5.41) is 9.37. The molecule has 0 amide bonds. The van der Waals surface area contributed by atoms with Crippen molar-refractivity contribution >= 4 is 11.6 Å². The number of aliphatic hydroxyl groups excluding tert-OH is 1. The minimum Gasteiger partial charge on any atom is -0.496 e. The van der Waals surface area contributed by atoms with Crippen LogP contribution in [0.1, 0.15) is 30.9 Å². The van der Waals surface area contributed by atoms with Crippen LogP contribution in [-0.2, 0) is 0 Å². The molecule has 3 nitrogen and oxygen atoms in total. The number of halogens is 1. The second kappa shape index (κ2) is 6.74. The summed E-state index contributed by atoms with van der Waals surface area (Å²) in [7, 11) is 1.62. The van der Waals surface area contributed by atoms with Crippen LogP contribution in [0.4, 0.5) is 0 Å². The number of hydrogen-bond donors (Lipinski definition) is 2. The van der Waals surface area contributed by atoms with Crippen LogP contribution in [0, 0.1) is 0 Å². The molecule has 0 aliphatic rings. The van der Waals surface area contributed by atoms with E-state index in [-0.39, 0.29) is 12.6 Å². The molecule has 0 aliphatic carbocycles. The maximum atomic E-state index is 8.71. The topological polar surface area (TPSA) is 55.5 Å². The second-order valence-corrected chi connectivity index (χ2v) is 4.15. The molecule has 0 radical (unpaired) electrons. The van der Waals surface area contributed by atoms with E-state index in [2.05, 4.69) is 0 Å². The van der Waals surface area contributed by atoms with Crippen LogP contribution in [0.5, 0.6) is 5.75 Å². The maximum Gasteiger partial charge on any atom is 0.123 e. The standard InChI is InChI=1S/C12H18ClNO2/c1-16-12-6-5-9(13)8-10(12)11(14)4-2-3-7-15/h5-6,8,11,15H,2-4,7,14H2,1H3. The van der Waals surface area contributed by atoms with Gasteiger partial charge in [0.05, 0.1) is 7.11 Å². The SMILES string of the molecule is COc1ccc(Cl)cc1C(N)CCCCO. The summed E-state index contributed by atoms with van der Waals surface area (Å²) >= 11 is 5.93. The summed E-state index contributed by atoms with van der Waals surface area (Å²) in [4.78, 5) is 0. The third-order valence-electron chi connectivity index (χ3n) is 2.51. The van der Waals surface area contributed by atoms with Crippen LogP contribution >= 0.6 is 11.6 Å². The van der Waals surface area contributed by atoms with Crippen molar-refractivity contribution in [3.8, 4) is 5.75 Å². The fourth-order valence-corrected chi connectivity index (χ4v) is 1.81. The van der Waals surface area contributed by atoms with E-state index in [4.69, 9.17) is 27.2 Å². The first-order chi connectivity index (χ1) is 7.69. The molecule has 0 aliphatic heterocycles. The number of ether oxygens (including phenoxy) is 1. The van der Waals surface area contributed by atoms with Crippen LogP contribution < -0.4 is 10.5 Å². The van der Waals surface area contributed by atoms with E-state index in [9.17, 15) is 0 Å². The lowest BCUT2D eigenvalue weighted by atomic mass is 10.0. The Labute approximate surface area is 101 Å². The van der Waals surface area contributed by atoms with Gasteiger partial charge >= 0.3 is 0 Å². The summed E-state index contributed by atoms with van der Waals surface area (Å²) in [6, 6.07) is 5.35. The lowest BCUT2D eigenvalue weighted by Gasteiger charge is -2.15. The van der Waals surface area contributed by atoms with E-state index in [1.54, 1.807) is 13.2 Å². The van der Waals surface area contributed by atoms with Crippen molar-refractivity contribution in [2.75, 3.05) is 13.7 Å². The van der Waals surface area contributed by atoms with E-state index < -0.39 is 0 Å². The molecule has 1 aromatic rings. The van der Waals surface area contributed by atoms with Gasteiger partial charge in [-0.05, 0) is 37.5 Å². The molecule has 0 bridgehead atoms. The number of unbranched alkanes of at least 4 members (excludes halogenated alkanes) is 1. The zero-order chi connectivity index (χ0) is 12.0. The Balaban J connectivity index is 2.72. The molecule has 1 atom stereocenters. The Morgan fingerprint density at radius 3 is 2.81 bits per heavy atom. The normalized spacial score (nSPS) is 12.5. The average Bonchev–Trinajstić information content (AvgIpc) is 2.29. The number of rotatable bonds is 6. The fourth-order valence-electron chi connectivity index (χ4n) is 1.63. The molecular weight excluding hydrogens is 226 g/mol. The minimum absolute atomic E-state index is 0.0970. The number of aliphatic hydroxyl groups is 1. The Hall–Kier alpha value is -0.770. The van der Waals surface area contributed by atoms with E-state index in [1.807, 2.05) is 12.1 Å². The van der Waals surface area contributed by atoms with Crippen LogP contribution in [0.15, 0.2) is 18.2 Å². The third-order valence-corrected chi connectivity index (χ3v) is 2.75. The van der Waals surface area contributed by atoms with Crippen molar-refractivity contribution in [3.63, 3.8) is 0 Å². The maximum absolute atomic E-state index is 8.71. The zero-order valence-corrected chi connectivity index (χ0v) is 10.2. The Kier molecular flexibility index (Phi) is 5.60. The highest BCUT2D eigenvalue weighted by molar-refractivity contribution is 6.30. The lowest BCUT2D eigenvalue weighted by molar-refractivity contribution is 0.281.